The van der Waals surface area contributed by atoms with Crippen LogP contribution in [0.15, 0.2) is 42.5 Å². The van der Waals surface area contributed by atoms with Crippen LogP contribution in [-0.4, -0.2) is 26.7 Å². The SMILES string of the molecule is COc1cccc(C(=O)NCC#Cc2cccc(C(F)(F)F)c2)c1OC. The van der Waals surface area contributed by atoms with Crippen LogP contribution in [0.2, 0.25) is 0 Å². The second-order valence-electron chi connectivity index (χ2n) is 5.10. The van der Waals surface area contributed by atoms with Gasteiger partial charge in [0, 0.05) is 5.56 Å². The summed E-state index contributed by atoms with van der Waals surface area (Å²) in [4.78, 5) is 12.2. The number of alkyl halides is 3. The largest absolute Gasteiger partial charge is 0.493 e. The second-order valence-corrected chi connectivity index (χ2v) is 5.10. The van der Waals surface area contributed by atoms with Crippen LogP contribution in [0.5, 0.6) is 11.5 Å². The average Bonchev–Trinajstić information content (AvgIpc) is 2.63. The van der Waals surface area contributed by atoms with Gasteiger partial charge in [0.1, 0.15) is 0 Å². The molecule has 2 rings (SSSR count). The Hall–Kier alpha value is -3.14. The fourth-order valence-corrected chi connectivity index (χ4v) is 2.21. The Balaban J connectivity index is 2.06. The zero-order valence-corrected chi connectivity index (χ0v) is 14.1. The monoisotopic (exact) mass is 363 g/mol. The predicted molar refractivity (Wildman–Crippen MR) is 90.2 cm³/mol. The maximum absolute atomic E-state index is 12.7. The Morgan fingerprint density at radius 1 is 1.12 bits per heavy atom. The summed E-state index contributed by atoms with van der Waals surface area (Å²) in [7, 11) is 2.88. The first-order valence-electron chi connectivity index (χ1n) is 7.52. The summed E-state index contributed by atoms with van der Waals surface area (Å²) in [5, 5.41) is 2.57. The summed E-state index contributed by atoms with van der Waals surface area (Å²) in [6.45, 7) is -0.0323. The first-order chi connectivity index (χ1) is 12.4. The van der Waals surface area contributed by atoms with Crippen LogP contribution in [0.1, 0.15) is 21.5 Å². The van der Waals surface area contributed by atoms with Crippen molar-refractivity contribution in [1.82, 2.24) is 5.32 Å². The van der Waals surface area contributed by atoms with Gasteiger partial charge in [-0.25, -0.2) is 0 Å². The van der Waals surface area contributed by atoms with Gasteiger partial charge in [-0.3, -0.25) is 4.79 Å². The number of methoxy groups -OCH3 is 2. The van der Waals surface area contributed by atoms with Crippen LogP contribution in [0.25, 0.3) is 0 Å². The molecule has 0 aliphatic heterocycles. The van der Waals surface area contributed by atoms with E-state index in [2.05, 4.69) is 17.2 Å². The third kappa shape index (κ3) is 4.70. The Bertz CT molecular complexity index is 851. The minimum atomic E-state index is -4.42. The highest BCUT2D eigenvalue weighted by Crippen LogP contribution is 2.30. The fraction of sp³-hybridized carbons (Fsp3) is 0.211. The van der Waals surface area contributed by atoms with Gasteiger partial charge in [-0.2, -0.15) is 13.2 Å². The molecule has 2 aromatic carbocycles. The van der Waals surface area contributed by atoms with Crippen molar-refractivity contribution in [3.8, 4) is 23.3 Å². The van der Waals surface area contributed by atoms with Gasteiger partial charge in [-0.1, -0.05) is 24.0 Å². The molecule has 0 bridgehead atoms. The maximum Gasteiger partial charge on any atom is 0.416 e. The lowest BCUT2D eigenvalue weighted by Crippen LogP contribution is -2.24. The van der Waals surface area contributed by atoms with Gasteiger partial charge in [0.2, 0.25) is 0 Å². The molecular weight excluding hydrogens is 347 g/mol. The van der Waals surface area contributed by atoms with E-state index in [-0.39, 0.29) is 17.7 Å². The van der Waals surface area contributed by atoms with Crippen LogP contribution in [0.3, 0.4) is 0 Å². The summed E-state index contributed by atoms with van der Waals surface area (Å²) >= 11 is 0. The van der Waals surface area contributed by atoms with Gasteiger partial charge in [-0.15, -0.1) is 0 Å². The zero-order chi connectivity index (χ0) is 19.2. The molecule has 7 heteroatoms. The zero-order valence-electron chi connectivity index (χ0n) is 14.1. The van der Waals surface area contributed by atoms with Crippen LogP contribution < -0.4 is 14.8 Å². The van der Waals surface area contributed by atoms with Crippen LogP contribution in [-0.2, 0) is 6.18 Å². The summed E-state index contributed by atoms with van der Waals surface area (Å²) in [6, 6.07) is 9.55. The Morgan fingerprint density at radius 2 is 1.85 bits per heavy atom. The number of carbonyl (C=O) groups excluding carboxylic acids is 1. The van der Waals surface area contributed by atoms with E-state index >= 15 is 0 Å². The molecule has 2 aromatic rings. The highest BCUT2D eigenvalue weighted by atomic mass is 19.4. The van der Waals surface area contributed by atoms with Crippen LogP contribution in [0, 0.1) is 11.8 Å². The van der Waals surface area contributed by atoms with Crippen molar-refractivity contribution in [2.45, 2.75) is 6.18 Å². The molecule has 0 spiro atoms. The van der Waals surface area contributed by atoms with Crippen molar-refractivity contribution >= 4 is 5.91 Å². The molecule has 0 atom stereocenters. The summed E-state index contributed by atoms with van der Waals surface area (Å²) in [5.41, 5.74) is -0.282. The van der Waals surface area contributed by atoms with Crippen molar-refractivity contribution in [3.63, 3.8) is 0 Å². The molecular formula is C19H16F3NO3. The first kappa shape index (κ1) is 19.2. The molecule has 4 nitrogen and oxygen atoms in total. The van der Waals surface area contributed by atoms with Gasteiger partial charge in [-0.05, 0) is 30.3 Å². The minimum absolute atomic E-state index is 0.0323. The number of amides is 1. The average molecular weight is 363 g/mol. The van der Waals surface area contributed by atoms with E-state index in [1.807, 2.05) is 0 Å². The van der Waals surface area contributed by atoms with E-state index in [1.54, 1.807) is 18.2 Å². The number of nitrogens with one attached hydrogen (secondary N) is 1. The number of ether oxygens (including phenoxy) is 2. The van der Waals surface area contributed by atoms with Gasteiger partial charge < -0.3 is 14.8 Å². The van der Waals surface area contributed by atoms with E-state index in [1.165, 1.54) is 26.4 Å². The molecule has 0 heterocycles. The summed E-state index contributed by atoms with van der Waals surface area (Å²) in [6.07, 6.45) is -4.42. The standard InChI is InChI=1S/C19H16F3NO3/c1-25-16-10-4-9-15(17(16)26-2)18(24)23-11-5-7-13-6-3-8-14(12-13)19(20,21)22/h3-4,6,8-10,12H,11H2,1-2H3,(H,23,24). The molecule has 26 heavy (non-hydrogen) atoms. The topological polar surface area (TPSA) is 47.6 Å². The Labute approximate surface area is 148 Å². The minimum Gasteiger partial charge on any atom is -0.493 e. The van der Waals surface area contributed by atoms with Crippen molar-refractivity contribution in [3.05, 3.63) is 59.2 Å². The lowest BCUT2D eigenvalue weighted by atomic mass is 10.1. The normalized spacial score (nSPS) is 10.5. The van der Waals surface area contributed by atoms with Gasteiger partial charge >= 0.3 is 6.18 Å². The van der Waals surface area contributed by atoms with Gasteiger partial charge in [0.25, 0.3) is 5.91 Å². The quantitative estimate of drug-likeness (QED) is 0.846. The van der Waals surface area contributed by atoms with Gasteiger partial charge in [0.05, 0.1) is 31.9 Å². The summed E-state index contributed by atoms with van der Waals surface area (Å²) < 4.78 is 48.3. The number of hydrogen-bond acceptors (Lipinski definition) is 3. The molecule has 1 amide bonds. The smallest absolute Gasteiger partial charge is 0.416 e. The van der Waals surface area contributed by atoms with E-state index in [9.17, 15) is 18.0 Å². The fourth-order valence-electron chi connectivity index (χ4n) is 2.21. The third-order valence-electron chi connectivity index (χ3n) is 3.41. The van der Waals surface area contributed by atoms with E-state index < -0.39 is 17.6 Å². The summed E-state index contributed by atoms with van der Waals surface area (Å²) in [5.74, 6) is 5.49. The molecule has 0 radical (unpaired) electrons. The highest BCUT2D eigenvalue weighted by molar-refractivity contribution is 5.97. The maximum atomic E-state index is 12.7. The molecule has 136 valence electrons. The van der Waals surface area contributed by atoms with Crippen molar-refractivity contribution in [1.29, 1.82) is 0 Å². The van der Waals surface area contributed by atoms with Crippen molar-refractivity contribution in [2.75, 3.05) is 20.8 Å². The number of rotatable bonds is 4. The molecule has 1 N–H and O–H groups in total. The predicted octanol–water partition coefficient (Wildman–Crippen LogP) is 3.50. The van der Waals surface area contributed by atoms with E-state index in [4.69, 9.17) is 9.47 Å². The lowest BCUT2D eigenvalue weighted by Gasteiger charge is -2.11. The lowest BCUT2D eigenvalue weighted by molar-refractivity contribution is -0.137. The molecule has 0 saturated heterocycles. The molecule has 0 aliphatic carbocycles. The number of para-hydroxylation sites is 1. The Morgan fingerprint density at radius 3 is 2.50 bits per heavy atom. The molecule has 0 unspecified atom stereocenters. The number of carbonyl (C=O) groups is 1. The molecule has 0 fully saturated rings. The number of halogens is 3. The van der Waals surface area contributed by atoms with Crippen LogP contribution in [0.4, 0.5) is 13.2 Å². The molecule has 0 saturated carbocycles. The second kappa shape index (κ2) is 8.30. The van der Waals surface area contributed by atoms with E-state index in [0.717, 1.165) is 12.1 Å². The number of benzene rings is 2. The van der Waals surface area contributed by atoms with Crippen molar-refractivity contribution in [2.24, 2.45) is 0 Å². The van der Waals surface area contributed by atoms with Crippen molar-refractivity contribution < 1.29 is 27.4 Å². The third-order valence-corrected chi connectivity index (χ3v) is 3.41. The molecule has 0 aromatic heterocycles. The van der Waals surface area contributed by atoms with Gasteiger partial charge in [0.15, 0.2) is 11.5 Å². The highest BCUT2D eigenvalue weighted by Gasteiger charge is 2.30. The van der Waals surface area contributed by atoms with Crippen LogP contribution >= 0.6 is 0 Å². The molecule has 0 aliphatic rings. The van der Waals surface area contributed by atoms with E-state index in [0.29, 0.717) is 11.5 Å². The first-order valence-corrected chi connectivity index (χ1v) is 7.52. The number of hydrogen-bond donors (Lipinski definition) is 1. The Kier molecular flexibility index (Phi) is 6.12.